The lowest BCUT2D eigenvalue weighted by atomic mass is 10.6. The maximum absolute atomic E-state index is 9.53. The quantitative estimate of drug-likeness (QED) is 0.466. The average molecular weight is 250 g/mol. The molecule has 1 aliphatic rings. The summed E-state index contributed by atoms with van der Waals surface area (Å²) in [6.07, 6.45) is 1.79. The Morgan fingerprint density at radius 1 is 1.21 bits per heavy atom. The van der Waals surface area contributed by atoms with E-state index in [-0.39, 0.29) is 5.75 Å². The van der Waals surface area contributed by atoms with Gasteiger partial charge in [-0.3, -0.25) is 0 Å². The van der Waals surface area contributed by atoms with Crippen molar-refractivity contribution in [2.45, 2.75) is 6.17 Å². The van der Waals surface area contributed by atoms with Crippen molar-refractivity contribution in [1.29, 1.82) is 0 Å². The minimum atomic E-state index is -0.719. The molecule has 1 rings (SSSR count). The molecular weight excluding hydrogens is 240 g/mol. The highest BCUT2D eigenvalue weighted by Gasteiger charge is 1.97. The molecule has 4 nitrogen and oxygen atoms in total. The van der Waals surface area contributed by atoms with Crippen molar-refractivity contribution < 1.29 is 9.59 Å². The third-order valence-electron chi connectivity index (χ3n) is 1.11. The summed E-state index contributed by atoms with van der Waals surface area (Å²) in [7, 11) is 0. The zero-order valence-corrected chi connectivity index (χ0v) is 9.91. The Kier molecular flexibility index (Phi) is 10.7. The van der Waals surface area contributed by atoms with Gasteiger partial charge in [0.1, 0.15) is 0 Å². The lowest BCUT2D eigenvalue weighted by molar-refractivity contribution is 0.554. The van der Waals surface area contributed by atoms with E-state index in [2.05, 4.69) is 22.6 Å². The van der Waals surface area contributed by atoms with E-state index in [9.17, 15) is 9.59 Å². The van der Waals surface area contributed by atoms with Crippen LogP contribution in [0.2, 0.25) is 0 Å². The van der Waals surface area contributed by atoms with Crippen LogP contribution < -0.4 is 0 Å². The molecule has 0 bridgehead atoms. The topological polar surface area (TPSA) is 58.9 Å². The van der Waals surface area contributed by atoms with Crippen LogP contribution in [0.3, 0.4) is 0 Å². The minimum Gasteiger partial charge on any atom is -0.211 e. The number of hydrogen-bond donors (Lipinski definition) is 1. The van der Waals surface area contributed by atoms with Crippen molar-refractivity contribution in [1.82, 2.24) is 0 Å². The molecule has 0 amide bonds. The standard InChI is InChI=1S/C4H4N2O2S.C3H6S2/c7-2-5-4(1-9)6-3-8;1-2-5-3-4-1/h4,9H,1H2;1-3H2. The van der Waals surface area contributed by atoms with Crippen LogP contribution in [-0.4, -0.2) is 40.7 Å². The molecule has 0 unspecified atom stereocenters. The molecule has 0 N–H and O–H groups in total. The summed E-state index contributed by atoms with van der Waals surface area (Å²) in [4.78, 5) is 25.3. The first-order valence-electron chi connectivity index (χ1n) is 3.75. The smallest absolute Gasteiger partial charge is 0.211 e. The van der Waals surface area contributed by atoms with Crippen molar-refractivity contribution >= 4 is 48.3 Å². The first kappa shape index (κ1) is 13.8. The van der Waals surface area contributed by atoms with E-state index in [1.165, 1.54) is 28.8 Å². The maximum atomic E-state index is 9.53. The second-order valence-corrected chi connectivity index (χ2v) is 4.98. The molecular formula is C7H10N2O2S3. The fourth-order valence-electron chi connectivity index (χ4n) is 0.527. The van der Waals surface area contributed by atoms with Crippen LogP contribution >= 0.6 is 36.2 Å². The molecule has 0 atom stereocenters. The summed E-state index contributed by atoms with van der Waals surface area (Å²) in [6, 6.07) is 0. The molecule has 1 aliphatic heterocycles. The van der Waals surface area contributed by atoms with Gasteiger partial charge in [0.2, 0.25) is 12.2 Å². The van der Waals surface area contributed by atoms with Gasteiger partial charge in [0, 0.05) is 22.3 Å². The zero-order chi connectivity index (χ0) is 10.6. The fraction of sp³-hybridized carbons (Fsp3) is 0.714. The van der Waals surface area contributed by atoms with Gasteiger partial charge in [0.15, 0.2) is 6.17 Å². The maximum Gasteiger partial charge on any atom is 0.237 e. The highest BCUT2D eigenvalue weighted by Crippen LogP contribution is 2.20. The van der Waals surface area contributed by atoms with Crippen LogP contribution in [0, 0.1) is 0 Å². The molecule has 1 heterocycles. The van der Waals surface area contributed by atoms with Crippen molar-refractivity contribution in [3.05, 3.63) is 0 Å². The third-order valence-corrected chi connectivity index (χ3v) is 4.01. The SMILES string of the molecule is C1CSCS1.O=C=NC(CS)N=C=O. The Labute approximate surface area is 96.4 Å². The first-order valence-corrected chi connectivity index (χ1v) is 6.69. The van der Waals surface area contributed by atoms with Crippen molar-refractivity contribution in [2.75, 3.05) is 22.3 Å². The predicted octanol–water partition coefficient (Wildman–Crippen LogP) is 1.34. The highest BCUT2D eigenvalue weighted by atomic mass is 32.2. The normalized spacial score (nSPS) is 15.5. The van der Waals surface area contributed by atoms with Crippen LogP contribution in [0.5, 0.6) is 0 Å². The van der Waals surface area contributed by atoms with Gasteiger partial charge in [0.25, 0.3) is 0 Å². The van der Waals surface area contributed by atoms with E-state index in [0.29, 0.717) is 0 Å². The zero-order valence-electron chi connectivity index (χ0n) is 7.38. The Morgan fingerprint density at radius 3 is 1.93 bits per heavy atom. The first-order chi connectivity index (χ1) is 6.85. The molecule has 0 saturated carbocycles. The van der Waals surface area contributed by atoms with E-state index >= 15 is 0 Å². The number of hydrogen-bond acceptors (Lipinski definition) is 7. The van der Waals surface area contributed by atoms with Crippen LogP contribution in [0.4, 0.5) is 0 Å². The Bertz CT molecular complexity index is 207. The lowest BCUT2D eigenvalue weighted by Gasteiger charge is -1.91. The Hall–Kier alpha value is -0.190. The van der Waals surface area contributed by atoms with Gasteiger partial charge in [0.05, 0.1) is 0 Å². The van der Waals surface area contributed by atoms with Crippen molar-refractivity contribution in [2.24, 2.45) is 9.98 Å². The van der Waals surface area contributed by atoms with Crippen LogP contribution in [0.1, 0.15) is 0 Å². The van der Waals surface area contributed by atoms with Gasteiger partial charge in [-0.25, -0.2) is 9.59 Å². The molecule has 0 radical (unpaired) electrons. The van der Waals surface area contributed by atoms with Gasteiger partial charge in [-0.2, -0.15) is 46.1 Å². The summed E-state index contributed by atoms with van der Waals surface area (Å²) in [5.74, 6) is 2.97. The van der Waals surface area contributed by atoms with E-state index in [1.54, 1.807) is 0 Å². The third kappa shape index (κ3) is 8.41. The minimum absolute atomic E-state index is 0.213. The summed E-state index contributed by atoms with van der Waals surface area (Å²) in [5, 5.41) is 1.33. The van der Waals surface area contributed by atoms with Crippen molar-refractivity contribution in [3.8, 4) is 0 Å². The van der Waals surface area contributed by atoms with Crippen molar-refractivity contribution in [3.63, 3.8) is 0 Å². The number of nitrogens with zero attached hydrogens (tertiary/aromatic N) is 2. The van der Waals surface area contributed by atoms with Gasteiger partial charge < -0.3 is 0 Å². The number of thiol groups is 1. The largest absolute Gasteiger partial charge is 0.237 e. The van der Waals surface area contributed by atoms with E-state index in [0.717, 1.165) is 0 Å². The number of rotatable bonds is 3. The number of isocyanates is 2. The predicted molar refractivity (Wildman–Crippen MR) is 63.7 cm³/mol. The monoisotopic (exact) mass is 250 g/mol. The summed E-state index contributed by atoms with van der Waals surface area (Å²) in [5.41, 5.74) is 0. The summed E-state index contributed by atoms with van der Waals surface area (Å²) < 4.78 is 0. The van der Waals surface area contributed by atoms with E-state index in [4.69, 9.17) is 0 Å². The number of carbonyl (C=O) groups excluding carboxylic acids is 2. The molecule has 78 valence electrons. The number of aliphatic imine (C=N–C) groups is 2. The van der Waals surface area contributed by atoms with Crippen LogP contribution in [-0.2, 0) is 9.59 Å². The molecule has 0 aromatic heterocycles. The Morgan fingerprint density at radius 2 is 1.71 bits per heavy atom. The lowest BCUT2D eigenvalue weighted by Crippen LogP contribution is -2.00. The molecule has 0 aromatic rings. The molecule has 7 heteroatoms. The average Bonchev–Trinajstić information content (AvgIpc) is 2.75. The van der Waals surface area contributed by atoms with Crippen LogP contribution in [0.25, 0.3) is 0 Å². The number of thioether (sulfide) groups is 2. The van der Waals surface area contributed by atoms with E-state index in [1.807, 2.05) is 23.5 Å². The molecule has 0 spiro atoms. The van der Waals surface area contributed by atoms with Crippen LogP contribution in [0.15, 0.2) is 9.98 Å². The summed E-state index contributed by atoms with van der Waals surface area (Å²) in [6.45, 7) is 0. The highest BCUT2D eigenvalue weighted by molar-refractivity contribution is 8.19. The van der Waals surface area contributed by atoms with E-state index < -0.39 is 6.17 Å². The molecule has 0 aromatic carbocycles. The Balaban J connectivity index is 0.000000280. The van der Waals surface area contributed by atoms with Gasteiger partial charge in [-0.15, -0.1) is 0 Å². The fourth-order valence-corrected chi connectivity index (χ4v) is 3.05. The molecule has 1 saturated heterocycles. The second-order valence-electron chi connectivity index (χ2n) is 2.04. The summed E-state index contributed by atoms with van der Waals surface area (Å²) >= 11 is 7.81. The molecule has 1 fully saturated rings. The molecule has 14 heavy (non-hydrogen) atoms. The second kappa shape index (κ2) is 10.9. The van der Waals surface area contributed by atoms with Gasteiger partial charge in [-0.1, -0.05) is 0 Å². The van der Waals surface area contributed by atoms with Gasteiger partial charge in [-0.05, 0) is 0 Å². The van der Waals surface area contributed by atoms with Gasteiger partial charge >= 0.3 is 0 Å². The molecule has 0 aliphatic carbocycles.